The van der Waals surface area contributed by atoms with Crippen LogP contribution in [0.2, 0.25) is 0 Å². The van der Waals surface area contributed by atoms with Crippen LogP contribution in [0.25, 0.3) is 0 Å². The molecule has 1 saturated carbocycles. The van der Waals surface area contributed by atoms with Gasteiger partial charge in [-0.1, -0.05) is 97.8 Å². The summed E-state index contributed by atoms with van der Waals surface area (Å²) < 4.78 is 0. The summed E-state index contributed by atoms with van der Waals surface area (Å²) in [6.07, 6.45) is 6.54. The minimum Gasteiger partial charge on any atom is -0.353 e. The predicted molar refractivity (Wildman–Crippen MR) is 123 cm³/mol. The van der Waals surface area contributed by atoms with Crippen molar-refractivity contribution in [1.82, 2.24) is 0 Å². The predicted octanol–water partition coefficient (Wildman–Crippen LogP) is 6.69. The van der Waals surface area contributed by atoms with E-state index in [0.717, 1.165) is 12.1 Å². The lowest BCUT2D eigenvalue weighted by molar-refractivity contribution is 0.326. The summed E-state index contributed by atoms with van der Waals surface area (Å²) >= 11 is 0. The Balaban J connectivity index is 1.71. The molecule has 0 heterocycles. The molecule has 0 radical (unpaired) electrons. The van der Waals surface area contributed by atoms with Crippen molar-refractivity contribution in [2.45, 2.75) is 44.7 Å². The van der Waals surface area contributed by atoms with Crippen LogP contribution in [0.4, 0.5) is 5.69 Å². The Kier molecular flexibility index (Phi) is 6.66. The summed E-state index contributed by atoms with van der Waals surface area (Å²) in [4.78, 5) is 2.53. The minimum absolute atomic E-state index is 0.220. The number of rotatable bonds is 5. The number of hydrogen-bond donors (Lipinski definition) is 0. The fourth-order valence-corrected chi connectivity index (χ4v) is 4.33. The van der Waals surface area contributed by atoms with Crippen LogP contribution in [0.15, 0.2) is 91.0 Å². The van der Waals surface area contributed by atoms with Gasteiger partial charge in [0.1, 0.15) is 0 Å². The highest BCUT2D eigenvalue weighted by molar-refractivity contribution is 5.51. The Labute approximate surface area is 175 Å². The average molecular weight is 380 g/mol. The molecule has 1 aliphatic carbocycles. The normalized spacial score (nSPS) is 15.2. The van der Waals surface area contributed by atoms with E-state index in [1.165, 1.54) is 43.4 Å². The first-order valence-electron chi connectivity index (χ1n) is 10.8. The molecule has 0 saturated heterocycles. The van der Waals surface area contributed by atoms with Gasteiger partial charge in [0.05, 0.1) is 6.04 Å². The van der Waals surface area contributed by atoms with Crippen molar-refractivity contribution in [3.05, 3.63) is 102 Å². The zero-order valence-electron chi connectivity index (χ0n) is 17.0. The molecule has 146 valence electrons. The van der Waals surface area contributed by atoms with E-state index in [1.807, 2.05) is 0 Å². The second kappa shape index (κ2) is 9.99. The van der Waals surface area contributed by atoms with Crippen molar-refractivity contribution in [1.29, 1.82) is 0 Å². The standard InChI is InChI=1S/C28H29N/c1-5-13-24(14-6-1)21-22-28(26-17-9-3-10-18-26)29(27-19-11-4-12-20-27)23-25-15-7-2-8-16-25/h1-2,4-8,11-16,19-20,26,28H,3,9-10,17-18,23H2. The number of anilines is 1. The lowest BCUT2D eigenvalue weighted by Crippen LogP contribution is -2.40. The summed E-state index contributed by atoms with van der Waals surface area (Å²) in [7, 11) is 0. The van der Waals surface area contributed by atoms with E-state index in [2.05, 4.69) is 108 Å². The third-order valence-corrected chi connectivity index (χ3v) is 5.85. The van der Waals surface area contributed by atoms with Crippen molar-refractivity contribution in [3.63, 3.8) is 0 Å². The molecule has 0 spiro atoms. The molecule has 0 amide bonds. The van der Waals surface area contributed by atoms with Crippen LogP contribution in [0.5, 0.6) is 0 Å². The van der Waals surface area contributed by atoms with Crippen molar-refractivity contribution in [2.75, 3.05) is 4.90 Å². The fraction of sp³-hybridized carbons (Fsp3) is 0.286. The van der Waals surface area contributed by atoms with Gasteiger partial charge in [-0.25, -0.2) is 0 Å². The van der Waals surface area contributed by atoms with Gasteiger partial charge in [-0.15, -0.1) is 0 Å². The van der Waals surface area contributed by atoms with Crippen LogP contribution >= 0.6 is 0 Å². The summed E-state index contributed by atoms with van der Waals surface area (Å²) in [5.74, 6) is 7.80. The lowest BCUT2D eigenvalue weighted by atomic mass is 9.83. The average Bonchev–Trinajstić information content (AvgIpc) is 2.81. The zero-order chi connectivity index (χ0) is 19.7. The molecule has 0 aromatic heterocycles. The smallest absolute Gasteiger partial charge is 0.0939 e. The van der Waals surface area contributed by atoms with Gasteiger partial charge in [0.15, 0.2) is 0 Å². The maximum absolute atomic E-state index is 3.70. The number of para-hydroxylation sites is 1. The number of nitrogens with zero attached hydrogens (tertiary/aromatic N) is 1. The maximum Gasteiger partial charge on any atom is 0.0939 e. The first kappa shape index (κ1) is 19.3. The molecule has 1 atom stereocenters. The summed E-state index contributed by atoms with van der Waals surface area (Å²) in [5, 5.41) is 0. The van der Waals surface area contributed by atoms with Crippen LogP contribution in [0, 0.1) is 17.8 Å². The second-order valence-corrected chi connectivity index (χ2v) is 7.93. The highest BCUT2D eigenvalue weighted by Crippen LogP contribution is 2.32. The first-order valence-corrected chi connectivity index (χ1v) is 10.8. The van der Waals surface area contributed by atoms with E-state index in [0.29, 0.717) is 5.92 Å². The van der Waals surface area contributed by atoms with Gasteiger partial charge in [-0.2, -0.15) is 0 Å². The zero-order valence-corrected chi connectivity index (χ0v) is 17.0. The van der Waals surface area contributed by atoms with E-state index < -0.39 is 0 Å². The van der Waals surface area contributed by atoms with Gasteiger partial charge in [0, 0.05) is 17.8 Å². The molecule has 0 N–H and O–H groups in total. The van der Waals surface area contributed by atoms with E-state index in [4.69, 9.17) is 0 Å². The molecule has 1 nitrogen and oxygen atoms in total. The highest BCUT2D eigenvalue weighted by atomic mass is 15.2. The lowest BCUT2D eigenvalue weighted by Gasteiger charge is -2.37. The largest absolute Gasteiger partial charge is 0.353 e. The third-order valence-electron chi connectivity index (χ3n) is 5.85. The molecule has 1 fully saturated rings. The second-order valence-electron chi connectivity index (χ2n) is 7.93. The molecule has 0 aliphatic heterocycles. The molecule has 1 unspecified atom stereocenters. The van der Waals surface area contributed by atoms with Crippen molar-refractivity contribution < 1.29 is 0 Å². The molecule has 0 bridgehead atoms. The maximum atomic E-state index is 3.70. The molecular formula is C28H29N. The van der Waals surface area contributed by atoms with Gasteiger partial charge >= 0.3 is 0 Å². The Morgan fingerprint density at radius 2 is 1.31 bits per heavy atom. The third kappa shape index (κ3) is 5.30. The van der Waals surface area contributed by atoms with Crippen LogP contribution in [-0.4, -0.2) is 6.04 Å². The van der Waals surface area contributed by atoms with Crippen molar-refractivity contribution in [2.24, 2.45) is 5.92 Å². The van der Waals surface area contributed by atoms with E-state index in [-0.39, 0.29) is 6.04 Å². The van der Waals surface area contributed by atoms with Crippen LogP contribution < -0.4 is 4.90 Å². The summed E-state index contributed by atoms with van der Waals surface area (Å²) in [6.45, 7) is 0.884. The quantitative estimate of drug-likeness (QED) is 0.446. The van der Waals surface area contributed by atoms with E-state index in [1.54, 1.807) is 0 Å². The Morgan fingerprint density at radius 3 is 1.97 bits per heavy atom. The van der Waals surface area contributed by atoms with E-state index in [9.17, 15) is 0 Å². The van der Waals surface area contributed by atoms with Gasteiger partial charge < -0.3 is 4.90 Å². The SMILES string of the molecule is C(#CC(C1CCCCC1)N(Cc1ccccc1)c1ccccc1)c1ccccc1. The Morgan fingerprint density at radius 1 is 0.724 bits per heavy atom. The van der Waals surface area contributed by atoms with Crippen LogP contribution in [0.1, 0.15) is 43.2 Å². The highest BCUT2D eigenvalue weighted by Gasteiger charge is 2.28. The van der Waals surface area contributed by atoms with Gasteiger partial charge in [-0.3, -0.25) is 0 Å². The summed E-state index contributed by atoms with van der Waals surface area (Å²) in [6, 6.07) is 32.2. The molecule has 1 heteroatoms. The molecule has 3 aromatic rings. The fourth-order valence-electron chi connectivity index (χ4n) is 4.33. The minimum atomic E-state index is 0.220. The van der Waals surface area contributed by atoms with Gasteiger partial charge in [0.25, 0.3) is 0 Å². The van der Waals surface area contributed by atoms with Crippen LogP contribution in [0.3, 0.4) is 0 Å². The molecular weight excluding hydrogens is 350 g/mol. The molecule has 29 heavy (non-hydrogen) atoms. The Hall–Kier alpha value is -2.98. The number of benzene rings is 3. The molecule has 4 rings (SSSR count). The summed E-state index contributed by atoms with van der Waals surface area (Å²) in [5.41, 5.74) is 3.69. The topological polar surface area (TPSA) is 3.24 Å². The van der Waals surface area contributed by atoms with Crippen molar-refractivity contribution >= 4 is 5.69 Å². The monoisotopic (exact) mass is 379 g/mol. The van der Waals surface area contributed by atoms with Crippen LogP contribution in [-0.2, 0) is 6.54 Å². The van der Waals surface area contributed by atoms with Gasteiger partial charge in [-0.05, 0) is 48.6 Å². The Bertz CT molecular complexity index is 916. The van der Waals surface area contributed by atoms with Crippen molar-refractivity contribution in [3.8, 4) is 11.8 Å². The first-order chi connectivity index (χ1) is 14.4. The number of hydrogen-bond acceptors (Lipinski definition) is 1. The van der Waals surface area contributed by atoms with Gasteiger partial charge in [0.2, 0.25) is 0 Å². The molecule has 3 aromatic carbocycles. The molecule has 1 aliphatic rings. The van der Waals surface area contributed by atoms with E-state index >= 15 is 0 Å².